The minimum absolute atomic E-state index is 0.159. The predicted molar refractivity (Wildman–Crippen MR) is 69.3 cm³/mol. The number of carbonyl (C=O) groups excluding carboxylic acids is 2. The minimum Gasteiger partial charge on any atom is -0.337 e. The molecular weight excluding hydrogens is 242 g/mol. The Bertz CT molecular complexity index is 237. The largest absolute Gasteiger partial charge is 0.337 e. The third-order valence-corrected chi connectivity index (χ3v) is 2.46. The van der Waals surface area contributed by atoms with E-state index in [0.717, 1.165) is 26.1 Å². The van der Waals surface area contributed by atoms with Gasteiger partial charge in [0.2, 0.25) is 5.91 Å². The van der Waals surface area contributed by atoms with Crippen LogP contribution >= 0.6 is 11.6 Å². The zero-order valence-electron chi connectivity index (χ0n) is 10.6. The van der Waals surface area contributed by atoms with Crippen LogP contribution in [0.5, 0.6) is 0 Å². The second kappa shape index (κ2) is 10.4. The number of nitrogens with zero attached hydrogens (tertiary/aromatic N) is 1. The molecule has 0 aliphatic carbocycles. The number of imide groups is 1. The van der Waals surface area contributed by atoms with Crippen LogP contribution in [-0.4, -0.2) is 48.9 Å². The SMILES string of the molecule is CCCN(CC)CCNC(=O)NC(=O)CCCl. The summed E-state index contributed by atoms with van der Waals surface area (Å²) in [6, 6.07) is -0.451. The first-order valence-corrected chi connectivity index (χ1v) is 6.53. The molecule has 6 heteroatoms. The number of nitrogens with one attached hydrogen (secondary N) is 2. The van der Waals surface area contributed by atoms with Crippen LogP contribution in [0.3, 0.4) is 0 Å². The fraction of sp³-hybridized carbons (Fsp3) is 0.818. The van der Waals surface area contributed by atoms with E-state index in [1.54, 1.807) is 0 Å². The highest BCUT2D eigenvalue weighted by atomic mass is 35.5. The van der Waals surface area contributed by atoms with Crippen LogP contribution < -0.4 is 10.6 Å². The molecule has 0 unspecified atom stereocenters. The van der Waals surface area contributed by atoms with Gasteiger partial charge >= 0.3 is 6.03 Å². The van der Waals surface area contributed by atoms with Crippen molar-refractivity contribution in [2.75, 3.05) is 32.1 Å². The number of hydrogen-bond donors (Lipinski definition) is 2. The number of likely N-dealkylation sites (N-methyl/N-ethyl adjacent to an activating group) is 1. The van der Waals surface area contributed by atoms with Gasteiger partial charge in [-0.25, -0.2) is 4.79 Å². The van der Waals surface area contributed by atoms with Crippen molar-refractivity contribution in [3.8, 4) is 0 Å². The molecule has 0 bridgehead atoms. The van der Waals surface area contributed by atoms with Crippen molar-refractivity contribution < 1.29 is 9.59 Å². The van der Waals surface area contributed by atoms with Gasteiger partial charge < -0.3 is 10.2 Å². The summed E-state index contributed by atoms with van der Waals surface area (Å²) in [6.07, 6.45) is 1.25. The Labute approximate surface area is 108 Å². The Morgan fingerprint density at radius 1 is 1.24 bits per heavy atom. The van der Waals surface area contributed by atoms with Crippen molar-refractivity contribution in [2.45, 2.75) is 26.7 Å². The molecule has 0 spiro atoms. The molecule has 0 aromatic rings. The number of hydrogen-bond acceptors (Lipinski definition) is 3. The van der Waals surface area contributed by atoms with Crippen LogP contribution in [0.4, 0.5) is 4.79 Å². The Hall–Kier alpha value is -0.810. The summed E-state index contributed by atoms with van der Waals surface area (Å²) < 4.78 is 0. The normalized spacial score (nSPS) is 10.4. The van der Waals surface area contributed by atoms with Crippen molar-refractivity contribution in [2.24, 2.45) is 0 Å². The number of halogens is 1. The van der Waals surface area contributed by atoms with Gasteiger partial charge in [0, 0.05) is 25.4 Å². The lowest BCUT2D eigenvalue weighted by Crippen LogP contribution is -2.42. The molecule has 0 heterocycles. The molecule has 100 valence electrons. The van der Waals surface area contributed by atoms with Crippen LogP contribution in [0, 0.1) is 0 Å². The Morgan fingerprint density at radius 3 is 2.47 bits per heavy atom. The summed E-state index contributed by atoms with van der Waals surface area (Å²) in [4.78, 5) is 24.5. The van der Waals surface area contributed by atoms with Gasteiger partial charge in [0.25, 0.3) is 0 Å². The molecule has 0 atom stereocenters. The average Bonchev–Trinajstić information content (AvgIpc) is 2.28. The third-order valence-electron chi connectivity index (χ3n) is 2.28. The smallest absolute Gasteiger partial charge is 0.321 e. The van der Waals surface area contributed by atoms with E-state index in [4.69, 9.17) is 11.6 Å². The molecule has 0 aliphatic rings. The van der Waals surface area contributed by atoms with Gasteiger partial charge in [-0.3, -0.25) is 10.1 Å². The topological polar surface area (TPSA) is 61.4 Å². The van der Waals surface area contributed by atoms with E-state index in [9.17, 15) is 9.59 Å². The summed E-state index contributed by atoms with van der Waals surface area (Å²) in [5.41, 5.74) is 0. The maximum atomic E-state index is 11.3. The van der Waals surface area contributed by atoms with E-state index >= 15 is 0 Å². The van der Waals surface area contributed by atoms with Crippen molar-refractivity contribution in [3.05, 3.63) is 0 Å². The zero-order chi connectivity index (χ0) is 13.1. The number of amides is 3. The molecule has 0 aliphatic heterocycles. The third kappa shape index (κ3) is 8.94. The highest BCUT2D eigenvalue weighted by molar-refractivity contribution is 6.19. The molecule has 5 nitrogen and oxygen atoms in total. The molecule has 0 saturated heterocycles. The van der Waals surface area contributed by atoms with Crippen LogP contribution in [0.15, 0.2) is 0 Å². The second-order valence-corrected chi connectivity index (χ2v) is 4.06. The van der Waals surface area contributed by atoms with E-state index in [1.807, 2.05) is 0 Å². The number of carbonyl (C=O) groups is 2. The fourth-order valence-electron chi connectivity index (χ4n) is 1.39. The Kier molecular flexibility index (Phi) is 9.86. The average molecular weight is 264 g/mol. The molecule has 0 fully saturated rings. The molecular formula is C11H22ClN3O2. The van der Waals surface area contributed by atoms with Gasteiger partial charge in [0.05, 0.1) is 0 Å². The molecule has 0 saturated carbocycles. The highest BCUT2D eigenvalue weighted by Crippen LogP contribution is 1.89. The van der Waals surface area contributed by atoms with Crippen LogP contribution in [0.2, 0.25) is 0 Å². The van der Waals surface area contributed by atoms with Crippen LogP contribution in [-0.2, 0) is 4.79 Å². The maximum Gasteiger partial charge on any atom is 0.321 e. The van der Waals surface area contributed by atoms with Gasteiger partial charge in [0.15, 0.2) is 0 Å². The molecule has 17 heavy (non-hydrogen) atoms. The minimum atomic E-state index is -0.451. The number of rotatable bonds is 8. The lowest BCUT2D eigenvalue weighted by atomic mass is 10.4. The molecule has 2 N–H and O–H groups in total. The van der Waals surface area contributed by atoms with E-state index < -0.39 is 6.03 Å². The first kappa shape index (κ1) is 16.2. The van der Waals surface area contributed by atoms with Crippen LogP contribution in [0.25, 0.3) is 0 Å². The summed E-state index contributed by atoms with van der Waals surface area (Å²) >= 11 is 5.38. The van der Waals surface area contributed by atoms with Gasteiger partial charge in [-0.15, -0.1) is 11.6 Å². The molecule has 0 radical (unpaired) electrons. The lowest BCUT2D eigenvalue weighted by molar-refractivity contribution is -0.119. The fourth-order valence-corrected chi connectivity index (χ4v) is 1.56. The summed E-state index contributed by atoms with van der Waals surface area (Å²) in [6.45, 7) is 7.51. The van der Waals surface area contributed by atoms with Gasteiger partial charge in [-0.2, -0.15) is 0 Å². The number of urea groups is 1. The van der Waals surface area contributed by atoms with E-state index in [1.165, 1.54) is 0 Å². The Morgan fingerprint density at radius 2 is 1.94 bits per heavy atom. The molecule has 3 amide bonds. The van der Waals surface area contributed by atoms with Gasteiger partial charge in [0.1, 0.15) is 0 Å². The molecule has 0 aromatic carbocycles. The maximum absolute atomic E-state index is 11.3. The van der Waals surface area contributed by atoms with E-state index in [2.05, 4.69) is 29.4 Å². The van der Waals surface area contributed by atoms with E-state index in [-0.39, 0.29) is 18.2 Å². The Balaban J connectivity index is 3.66. The van der Waals surface area contributed by atoms with Crippen molar-refractivity contribution >= 4 is 23.5 Å². The van der Waals surface area contributed by atoms with Crippen molar-refractivity contribution in [1.82, 2.24) is 15.5 Å². The first-order chi connectivity index (χ1) is 8.13. The quantitative estimate of drug-likeness (QED) is 0.647. The highest BCUT2D eigenvalue weighted by Gasteiger charge is 2.06. The van der Waals surface area contributed by atoms with Crippen molar-refractivity contribution in [3.63, 3.8) is 0 Å². The lowest BCUT2D eigenvalue weighted by Gasteiger charge is -2.19. The first-order valence-electron chi connectivity index (χ1n) is 6.00. The van der Waals surface area contributed by atoms with Crippen LogP contribution in [0.1, 0.15) is 26.7 Å². The van der Waals surface area contributed by atoms with E-state index in [0.29, 0.717) is 6.54 Å². The number of alkyl halides is 1. The molecule has 0 rings (SSSR count). The monoisotopic (exact) mass is 263 g/mol. The standard InChI is InChI=1S/C11H22ClN3O2/c1-3-8-15(4-2)9-7-13-11(17)14-10(16)5-6-12/h3-9H2,1-2H3,(H2,13,14,16,17). The van der Waals surface area contributed by atoms with Gasteiger partial charge in [-0.05, 0) is 19.5 Å². The van der Waals surface area contributed by atoms with Crippen molar-refractivity contribution in [1.29, 1.82) is 0 Å². The molecule has 0 aromatic heterocycles. The zero-order valence-corrected chi connectivity index (χ0v) is 11.3. The predicted octanol–water partition coefficient (Wildman–Crippen LogP) is 1.17. The van der Waals surface area contributed by atoms with Gasteiger partial charge in [-0.1, -0.05) is 13.8 Å². The summed E-state index contributed by atoms with van der Waals surface area (Å²) in [7, 11) is 0. The summed E-state index contributed by atoms with van der Waals surface area (Å²) in [5, 5.41) is 4.85. The second-order valence-electron chi connectivity index (χ2n) is 3.68. The summed E-state index contributed by atoms with van der Waals surface area (Å²) in [5.74, 6) is -0.127.